The Morgan fingerprint density at radius 3 is 1.59 bits per heavy atom. The van der Waals surface area contributed by atoms with Gasteiger partial charge in [0.1, 0.15) is 0 Å². The van der Waals surface area contributed by atoms with Crippen molar-refractivity contribution < 1.29 is 19.1 Å². The normalized spacial score (nSPS) is 32.8. The average molecular weight is 242 g/mol. The molecule has 0 heterocycles. The summed E-state index contributed by atoms with van der Waals surface area (Å²) < 4.78 is 9.66. The van der Waals surface area contributed by atoms with Crippen molar-refractivity contribution in [2.24, 2.45) is 0 Å². The first-order valence-corrected chi connectivity index (χ1v) is 5.93. The van der Waals surface area contributed by atoms with Crippen LogP contribution in [0.4, 0.5) is 9.59 Å². The number of nitrogens with one attached hydrogen (secondary N) is 2. The van der Waals surface area contributed by atoms with Crippen LogP contribution in [0.15, 0.2) is 0 Å². The Kier molecular flexibility index (Phi) is 2.89. The summed E-state index contributed by atoms with van der Waals surface area (Å²) in [4.78, 5) is 22.5. The van der Waals surface area contributed by atoms with Crippen LogP contribution in [0.1, 0.15) is 33.1 Å². The molecular formula is C11H18N2O4. The van der Waals surface area contributed by atoms with Gasteiger partial charge < -0.3 is 20.1 Å². The van der Waals surface area contributed by atoms with Gasteiger partial charge in [0.05, 0.1) is 24.3 Å². The van der Waals surface area contributed by atoms with E-state index in [4.69, 9.17) is 9.47 Å². The van der Waals surface area contributed by atoms with E-state index in [1.165, 1.54) is 0 Å². The number of carbonyl (C=O) groups is 2. The van der Waals surface area contributed by atoms with Gasteiger partial charge in [-0.25, -0.2) is 9.59 Å². The van der Waals surface area contributed by atoms with E-state index in [0.29, 0.717) is 13.2 Å². The van der Waals surface area contributed by atoms with E-state index in [1.54, 1.807) is 13.8 Å². The zero-order valence-corrected chi connectivity index (χ0v) is 10.2. The monoisotopic (exact) mass is 242 g/mol. The summed E-state index contributed by atoms with van der Waals surface area (Å²) in [6.45, 7) is 4.28. The molecule has 3 saturated carbocycles. The van der Waals surface area contributed by atoms with E-state index in [0.717, 1.165) is 19.3 Å². The minimum absolute atomic E-state index is 0.161. The van der Waals surface area contributed by atoms with Crippen molar-refractivity contribution in [3.05, 3.63) is 0 Å². The van der Waals surface area contributed by atoms with Gasteiger partial charge in [-0.15, -0.1) is 0 Å². The van der Waals surface area contributed by atoms with Crippen molar-refractivity contribution >= 4 is 12.2 Å². The van der Waals surface area contributed by atoms with E-state index < -0.39 is 0 Å². The maximum atomic E-state index is 11.3. The first kappa shape index (κ1) is 12.0. The number of carbonyl (C=O) groups excluding carboxylic acids is 2. The second kappa shape index (κ2) is 4.09. The molecule has 0 aromatic rings. The predicted molar refractivity (Wildman–Crippen MR) is 59.6 cm³/mol. The van der Waals surface area contributed by atoms with E-state index in [2.05, 4.69) is 10.6 Å². The summed E-state index contributed by atoms with van der Waals surface area (Å²) in [5, 5.41) is 5.67. The molecule has 3 fully saturated rings. The zero-order valence-electron chi connectivity index (χ0n) is 10.2. The lowest BCUT2D eigenvalue weighted by atomic mass is 9.44. The second-order valence-corrected chi connectivity index (χ2v) is 4.78. The van der Waals surface area contributed by atoms with Crippen molar-refractivity contribution in [2.75, 3.05) is 13.2 Å². The summed E-state index contributed by atoms with van der Waals surface area (Å²) in [6.07, 6.45) is 1.53. The molecule has 6 nitrogen and oxygen atoms in total. The van der Waals surface area contributed by atoms with Crippen LogP contribution in [0.2, 0.25) is 0 Å². The quantitative estimate of drug-likeness (QED) is 0.775. The number of hydrogen-bond acceptors (Lipinski definition) is 4. The third-order valence-corrected chi connectivity index (χ3v) is 3.32. The van der Waals surface area contributed by atoms with Gasteiger partial charge in [0, 0.05) is 0 Å². The summed E-state index contributed by atoms with van der Waals surface area (Å²) >= 11 is 0. The van der Waals surface area contributed by atoms with Gasteiger partial charge in [0.15, 0.2) is 0 Å². The van der Waals surface area contributed by atoms with Crippen molar-refractivity contribution in [1.29, 1.82) is 0 Å². The lowest BCUT2D eigenvalue weighted by Gasteiger charge is -2.69. The highest BCUT2D eigenvalue weighted by Crippen LogP contribution is 2.60. The average Bonchev–Trinajstić information content (AvgIpc) is 2.13. The first-order chi connectivity index (χ1) is 8.03. The van der Waals surface area contributed by atoms with Gasteiger partial charge in [-0.1, -0.05) is 0 Å². The molecule has 0 radical (unpaired) electrons. The van der Waals surface area contributed by atoms with Crippen LogP contribution in [-0.2, 0) is 9.47 Å². The van der Waals surface area contributed by atoms with Gasteiger partial charge in [-0.05, 0) is 33.1 Å². The number of amides is 2. The molecule has 0 aromatic heterocycles. The molecule has 6 heteroatoms. The van der Waals surface area contributed by atoms with Gasteiger partial charge in [-0.3, -0.25) is 0 Å². The number of ether oxygens (including phenoxy) is 2. The fourth-order valence-electron chi connectivity index (χ4n) is 2.82. The van der Waals surface area contributed by atoms with Crippen LogP contribution in [0.5, 0.6) is 0 Å². The summed E-state index contributed by atoms with van der Waals surface area (Å²) in [7, 11) is 0. The molecule has 0 spiro atoms. The Morgan fingerprint density at radius 2 is 1.29 bits per heavy atom. The molecule has 96 valence electrons. The summed E-state index contributed by atoms with van der Waals surface area (Å²) in [5.41, 5.74) is -0.322. The number of rotatable bonds is 4. The van der Waals surface area contributed by atoms with Gasteiger partial charge in [-0.2, -0.15) is 0 Å². The van der Waals surface area contributed by atoms with Crippen molar-refractivity contribution in [2.45, 2.75) is 44.2 Å². The van der Waals surface area contributed by atoms with E-state index >= 15 is 0 Å². The maximum Gasteiger partial charge on any atom is 0.407 e. The number of hydrogen-bond donors (Lipinski definition) is 2. The molecule has 3 aliphatic rings. The third kappa shape index (κ3) is 2.16. The van der Waals surface area contributed by atoms with Crippen LogP contribution < -0.4 is 10.6 Å². The highest BCUT2D eigenvalue weighted by atomic mass is 16.6. The molecule has 3 rings (SSSR count). The molecule has 17 heavy (non-hydrogen) atoms. The third-order valence-electron chi connectivity index (χ3n) is 3.32. The molecule has 0 unspecified atom stereocenters. The second-order valence-electron chi connectivity index (χ2n) is 4.78. The van der Waals surface area contributed by atoms with Crippen molar-refractivity contribution in [1.82, 2.24) is 10.6 Å². The van der Waals surface area contributed by atoms with Crippen LogP contribution >= 0.6 is 0 Å². The minimum Gasteiger partial charge on any atom is -0.450 e. The summed E-state index contributed by atoms with van der Waals surface area (Å²) in [5.74, 6) is 0. The van der Waals surface area contributed by atoms with Crippen LogP contribution in [-0.4, -0.2) is 36.5 Å². The van der Waals surface area contributed by atoms with Crippen molar-refractivity contribution in [3.63, 3.8) is 0 Å². The predicted octanol–water partition coefficient (Wildman–Crippen LogP) is 1.15. The Labute approximate surface area is 100 Å². The lowest BCUT2D eigenvalue weighted by Crippen LogP contribution is -2.83. The van der Waals surface area contributed by atoms with E-state index in [9.17, 15) is 9.59 Å². The van der Waals surface area contributed by atoms with Crippen LogP contribution in [0, 0.1) is 0 Å². The topological polar surface area (TPSA) is 76.7 Å². The Bertz CT molecular complexity index is 293. The SMILES string of the molecule is CCOC(=O)NC12CC(NC(=O)OCC)(C1)C2. The maximum absolute atomic E-state index is 11.3. The van der Waals surface area contributed by atoms with Gasteiger partial charge in [0.25, 0.3) is 0 Å². The molecule has 3 aliphatic carbocycles. The Morgan fingerprint density at radius 1 is 0.941 bits per heavy atom. The molecule has 0 saturated heterocycles. The molecule has 0 atom stereocenters. The smallest absolute Gasteiger partial charge is 0.407 e. The Hall–Kier alpha value is -1.46. The summed E-state index contributed by atoms with van der Waals surface area (Å²) in [6, 6.07) is 0. The highest BCUT2D eigenvalue weighted by molar-refractivity contribution is 5.72. The highest BCUT2D eigenvalue weighted by Gasteiger charge is 2.69. The first-order valence-electron chi connectivity index (χ1n) is 5.93. The largest absolute Gasteiger partial charge is 0.450 e. The molecule has 2 amide bonds. The fourth-order valence-corrected chi connectivity index (χ4v) is 2.82. The zero-order chi connectivity index (χ0) is 12.5. The lowest BCUT2D eigenvalue weighted by molar-refractivity contribution is -0.0959. The van der Waals surface area contributed by atoms with Crippen molar-refractivity contribution in [3.8, 4) is 0 Å². The molecule has 0 aromatic carbocycles. The molecule has 2 N–H and O–H groups in total. The Balaban J connectivity index is 1.73. The molecular weight excluding hydrogens is 224 g/mol. The van der Waals surface area contributed by atoms with E-state index in [1.807, 2.05) is 0 Å². The molecule has 0 aliphatic heterocycles. The van der Waals surface area contributed by atoms with Crippen LogP contribution in [0.3, 0.4) is 0 Å². The fraction of sp³-hybridized carbons (Fsp3) is 0.818. The minimum atomic E-state index is -0.378. The van der Waals surface area contributed by atoms with Gasteiger partial charge >= 0.3 is 12.2 Å². The van der Waals surface area contributed by atoms with E-state index in [-0.39, 0.29) is 23.3 Å². The van der Waals surface area contributed by atoms with Crippen LogP contribution in [0.25, 0.3) is 0 Å². The van der Waals surface area contributed by atoms with Gasteiger partial charge in [0.2, 0.25) is 0 Å². The molecule has 2 bridgehead atoms. The number of alkyl carbamates (subject to hydrolysis) is 2. The standard InChI is InChI=1S/C11H18N2O4/c1-3-16-8(14)12-10-5-11(6-10,7-10)13-9(15)17-4-2/h3-7H2,1-2H3,(H,12,14)(H,13,15).